The zero-order valence-corrected chi connectivity index (χ0v) is 12.7. The van der Waals surface area contributed by atoms with Crippen molar-refractivity contribution in [3.63, 3.8) is 0 Å². The summed E-state index contributed by atoms with van der Waals surface area (Å²) in [5, 5.41) is 0. The summed E-state index contributed by atoms with van der Waals surface area (Å²) in [5.41, 5.74) is 3.87. The molecular weight excluding hydrogens is 270 g/mol. The van der Waals surface area contributed by atoms with Crippen LogP contribution in [0.5, 0.6) is 0 Å². The van der Waals surface area contributed by atoms with Crippen LogP contribution in [0.1, 0.15) is 16.7 Å². The highest BCUT2D eigenvalue weighted by atomic mass is 16.5. The first-order valence-electron chi connectivity index (χ1n) is 7.70. The van der Waals surface area contributed by atoms with E-state index in [-0.39, 0.29) is 0 Å². The second-order valence-electron chi connectivity index (χ2n) is 5.47. The van der Waals surface area contributed by atoms with E-state index in [1.54, 1.807) is 0 Å². The molecule has 0 saturated heterocycles. The fourth-order valence-electron chi connectivity index (χ4n) is 2.49. The molecule has 0 atom stereocenters. The molecule has 0 N–H and O–H groups in total. The number of benzene rings is 2. The van der Waals surface area contributed by atoms with E-state index in [0.717, 1.165) is 19.6 Å². The van der Waals surface area contributed by atoms with Gasteiger partial charge in [0.2, 0.25) is 0 Å². The molecule has 2 heteroatoms. The van der Waals surface area contributed by atoms with Crippen LogP contribution in [0.3, 0.4) is 0 Å². The summed E-state index contributed by atoms with van der Waals surface area (Å²) in [4.78, 5) is 0. The third-order valence-corrected chi connectivity index (χ3v) is 3.67. The Balaban J connectivity index is 1.44. The van der Waals surface area contributed by atoms with Crippen molar-refractivity contribution in [3.05, 3.63) is 95.8 Å². The minimum absolute atomic E-state index is 0.686. The third-order valence-electron chi connectivity index (χ3n) is 3.67. The first-order chi connectivity index (χ1) is 10.9. The van der Waals surface area contributed by atoms with Crippen LogP contribution in [0.25, 0.3) is 0 Å². The van der Waals surface area contributed by atoms with Crippen LogP contribution < -0.4 is 0 Å². The molecule has 0 bridgehead atoms. The Morgan fingerprint density at radius 3 is 2.14 bits per heavy atom. The van der Waals surface area contributed by atoms with Crippen molar-refractivity contribution in [1.82, 2.24) is 4.57 Å². The Kier molecular flexibility index (Phi) is 5.06. The maximum Gasteiger partial charge on any atom is 0.0717 e. The van der Waals surface area contributed by atoms with Crippen molar-refractivity contribution in [2.45, 2.75) is 19.6 Å². The van der Waals surface area contributed by atoms with Crippen molar-refractivity contribution in [1.29, 1.82) is 0 Å². The normalized spacial score (nSPS) is 10.7. The molecule has 0 amide bonds. The van der Waals surface area contributed by atoms with Gasteiger partial charge in [-0.2, -0.15) is 0 Å². The Bertz CT molecular complexity index is 673. The number of aromatic nitrogens is 1. The molecule has 0 aliphatic rings. The highest BCUT2D eigenvalue weighted by Gasteiger charge is 1.99. The summed E-state index contributed by atoms with van der Waals surface area (Å²) < 4.78 is 7.97. The largest absolute Gasteiger partial charge is 0.376 e. The summed E-state index contributed by atoms with van der Waals surface area (Å²) in [7, 11) is 0. The van der Waals surface area contributed by atoms with Gasteiger partial charge in [-0.1, -0.05) is 60.7 Å². The van der Waals surface area contributed by atoms with Crippen molar-refractivity contribution in [2.24, 2.45) is 0 Å². The number of rotatable bonds is 7. The lowest BCUT2D eigenvalue weighted by Crippen LogP contribution is -1.99. The lowest BCUT2D eigenvalue weighted by molar-refractivity contribution is 0.124. The molecule has 3 rings (SSSR count). The standard InChI is InChI=1S/C20H21NO/c1-3-7-18(8-4-1)15-21-13-11-19(16-21)12-14-22-17-20-9-5-2-6-10-20/h1-11,13,16H,12,14-15,17H2. The molecule has 0 saturated carbocycles. The van der Waals surface area contributed by atoms with Gasteiger partial charge in [-0.3, -0.25) is 0 Å². The van der Waals surface area contributed by atoms with Crippen molar-refractivity contribution in [2.75, 3.05) is 6.61 Å². The number of ether oxygens (including phenoxy) is 1. The molecule has 3 aromatic rings. The predicted octanol–water partition coefficient (Wildman–Crippen LogP) is 4.30. The fourth-order valence-corrected chi connectivity index (χ4v) is 2.49. The highest BCUT2D eigenvalue weighted by Crippen LogP contribution is 2.08. The molecule has 112 valence electrons. The van der Waals surface area contributed by atoms with Gasteiger partial charge in [-0.15, -0.1) is 0 Å². The van der Waals surface area contributed by atoms with Crippen LogP contribution in [-0.4, -0.2) is 11.2 Å². The number of nitrogens with zero attached hydrogens (tertiary/aromatic N) is 1. The lowest BCUT2D eigenvalue weighted by Gasteiger charge is -2.04. The van der Waals surface area contributed by atoms with E-state index in [9.17, 15) is 0 Å². The van der Waals surface area contributed by atoms with E-state index in [1.807, 2.05) is 18.2 Å². The van der Waals surface area contributed by atoms with Gasteiger partial charge in [0.05, 0.1) is 13.2 Å². The number of hydrogen-bond acceptors (Lipinski definition) is 1. The average Bonchev–Trinajstić information content (AvgIpc) is 3.01. The Hall–Kier alpha value is -2.32. The Morgan fingerprint density at radius 1 is 0.727 bits per heavy atom. The Labute approximate surface area is 132 Å². The Morgan fingerprint density at radius 2 is 1.41 bits per heavy atom. The topological polar surface area (TPSA) is 14.2 Å². The molecule has 2 aromatic carbocycles. The summed E-state index contributed by atoms with van der Waals surface area (Å²) >= 11 is 0. The first kappa shape index (κ1) is 14.6. The molecule has 0 fully saturated rings. The average molecular weight is 291 g/mol. The number of hydrogen-bond donors (Lipinski definition) is 0. The van der Waals surface area contributed by atoms with Gasteiger partial charge in [-0.05, 0) is 29.2 Å². The van der Waals surface area contributed by atoms with Gasteiger partial charge >= 0.3 is 0 Å². The van der Waals surface area contributed by atoms with Crippen molar-refractivity contribution >= 4 is 0 Å². The van der Waals surface area contributed by atoms with E-state index in [2.05, 4.69) is 65.5 Å². The quantitative estimate of drug-likeness (QED) is 0.592. The van der Waals surface area contributed by atoms with Crippen LogP contribution in [0.4, 0.5) is 0 Å². The monoisotopic (exact) mass is 291 g/mol. The van der Waals surface area contributed by atoms with Gasteiger partial charge in [0.1, 0.15) is 0 Å². The van der Waals surface area contributed by atoms with E-state index in [1.165, 1.54) is 16.7 Å². The van der Waals surface area contributed by atoms with Gasteiger partial charge in [-0.25, -0.2) is 0 Å². The maximum absolute atomic E-state index is 5.74. The predicted molar refractivity (Wildman–Crippen MR) is 89.8 cm³/mol. The summed E-state index contributed by atoms with van der Waals surface area (Å²) in [6.45, 7) is 2.36. The van der Waals surface area contributed by atoms with Gasteiger partial charge in [0.25, 0.3) is 0 Å². The van der Waals surface area contributed by atoms with Crippen LogP contribution in [-0.2, 0) is 24.3 Å². The molecule has 0 aliphatic heterocycles. The van der Waals surface area contributed by atoms with Crippen LogP contribution in [0.15, 0.2) is 79.1 Å². The maximum atomic E-state index is 5.74. The van der Waals surface area contributed by atoms with E-state index >= 15 is 0 Å². The van der Waals surface area contributed by atoms with E-state index in [0.29, 0.717) is 6.61 Å². The van der Waals surface area contributed by atoms with Gasteiger partial charge in [0.15, 0.2) is 0 Å². The zero-order chi connectivity index (χ0) is 15.0. The summed E-state index contributed by atoms with van der Waals surface area (Å²) in [5.74, 6) is 0. The smallest absolute Gasteiger partial charge is 0.0717 e. The molecule has 1 aromatic heterocycles. The first-order valence-corrected chi connectivity index (χ1v) is 7.70. The molecule has 1 heterocycles. The molecule has 0 spiro atoms. The molecule has 0 unspecified atom stereocenters. The van der Waals surface area contributed by atoms with Crippen molar-refractivity contribution in [3.8, 4) is 0 Å². The minimum atomic E-state index is 0.686. The van der Waals surface area contributed by atoms with E-state index in [4.69, 9.17) is 4.74 Å². The van der Waals surface area contributed by atoms with Gasteiger partial charge in [0, 0.05) is 18.9 Å². The SMILES string of the molecule is c1ccc(COCCc2ccn(Cc3ccccc3)c2)cc1. The molecule has 2 nitrogen and oxygen atoms in total. The minimum Gasteiger partial charge on any atom is -0.376 e. The second kappa shape index (κ2) is 7.62. The lowest BCUT2D eigenvalue weighted by atomic mass is 10.2. The summed E-state index contributed by atoms with van der Waals surface area (Å²) in [6, 6.07) is 23.0. The molecular formula is C20H21NO. The van der Waals surface area contributed by atoms with Crippen molar-refractivity contribution < 1.29 is 4.74 Å². The second-order valence-corrected chi connectivity index (χ2v) is 5.47. The molecule has 0 aliphatic carbocycles. The van der Waals surface area contributed by atoms with Crippen LogP contribution in [0, 0.1) is 0 Å². The fraction of sp³-hybridized carbons (Fsp3) is 0.200. The summed E-state index contributed by atoms with van der Waals surface area (Å²) in [6.07, 6.45) is 5.30. The van der Waals surface area contributed by atoms with Gasteiger partial charge < -0.3 is 9.30 Å². The zero-order valence-electron chi connectivity index (χ0n) is 12.7. The molecule has 22 heavy (non-hydrogen) atoms. The molecule has 0 radical (unpaired) electrons. The third kappa shape index (κ3) is 4.34. The van der Waals surface area contributed by atoms with E-state index < -0.39 is 0 Å². The van der Waals surface area contributed by atoms with Crippen LogP contribution in [0.2, 0.25) is 0 Å². The highest BCUT2D eigenvalue weighted by molar-refractivity contribution is 5.18. The van der Waals surface area contributed by atoms with Crippen LogP contribution >= 0.6 is 0 Å².